The number of hydrogen-bond acceptors (Lipinski definition) is 4. The second-order valence-corrected chi connectivity index (χ2v) is 4.43. The van der Waals surface area contributed by atoms with Gasteiger partial charge >= 0.3 is 0 Å². The van der Waals surface area contributed by atoms with Crippen molar-refractivity contribution >= 4 is 10.0 Å². The van der Waals surface area contributed by atoms with Crippen molar-refractivity contribution in [2.24, 2.45) is 0 Å². The second-order valence-electron chi connectivity index (χ2n) is 2.50. The van der Waals surface area contributed by atoms with Crippen LogP contribution in [0.1, 0.15) is 13.3 Å². The van der Waals surface area contributed by atoms with Gasteiger partial charge in [-0.05, 0) is 6.42 Å². The maximum Gasteiger partial charge on any atom is 0.211 e. The molecule has 0 aliphatic heterocycles. The molecule has 0 aromatic heterocycles. The molecule has 0 heterocycles. The minimum absolute atomic E-state index is 0.0468. The summed E-state index contributed by atoms with van der Waals surface area (Å²) in [6.45, 7) is 1.19. The van der Waals surface area contributed by atoms with Crippen molar-refractivity contribution in [3.8, 4) is 0 Å². The van der Waals surface area contributed by atoms with Crippen LogP contribution in [0.5, 0.6) is 0 Å². The molecule has 1 atom stereocenters. The maximum absolute atomic E-state index is 10.9. The fourth-order valence-electron chi connectivity index (χ4n) is 0.629. The number of sulfonamides is 1. The van der Waals surface area contributed by atoms with Gasteiger partial charge in [0.2, 0.25) is 10.0 Å². The van der Waals surface area contributed by atoms with Crippen molar-refractivity contribution in [2.75, 3.05) is 18.9 Å². The molecule has 0 aromatic rings. The Labute approximate surface area is 72.5 Å². The highest BCUT2D eigenvalue weighted by Gasteiger charge is 2.10. The van der Waals surface area contributed by atoms with Crippen molar-refractivity contribution in [2.45, 2.75) is 19.4 Å². The van der Waals surface area contributed by atoms with Crippen LogP contribution in [0.2, 0.25) is 0 Å². The quantitative estimate of drug-likeness (QED) is 0.492. The van der Waals surface area contributed by atoms with E-state index in [1.54, 1.807) is 6.92 Å². The molecule has 0 rings (SSSR count). The largest absolute Gasteiger partial charge is 0.394 e. The van der Waals surface area contributed by atoms with E-state index >= 15 is 0 Å². The molecule has 1 unspecified atom stereocenters. The fraction of sp³-hybridized carbons (Fsp3) is 1.00. The molecule has 0 aliphatic rings. The van der Waals surface area contributed by atoms with Crippen LogP contribution >= 0.6 is 0 Å². The SMILES string of the molecule is CCCS(=O)(=O)NCC(O)CO. The molecule has 0 saturated heterocycles. The molecule has 0 aliphatic carbocycles. The Bertz CT molecular complexity index is 202. The van der Waals surface area contributed by atoms with Gasteiger partial charge in [0, 0.05) is 6.54 Å². The van der Waals surface area contributed by atoms with Gasteiger partial charge in [-0.3, -0.25) is 0 Å². The molecule has 6 heteroatoms. The van der Waals surface area contributed by atoms with Gasteiger partial charge in [0.25, 0.3) is 0 Å². The van der Waals surface area contributed by atoms with Crippen LogP contribution in [0.25, 0.3) is 0 Å². The van der Waals surface area contributed by atoms with Crippen molar-refractivity contribution in [1.29, 1.82) is 0 Å². The van der Waals surface area contributed by atoms with Crippen molar-refractivity contribution in [1.82, 2.24) is 4.72 Å². The summed E-state index contributed by atoms with van der Waals surface area (Å²) in [5.74, 6) is 0.0468. The third-order valence-electron chi connectivity index (χ3n) is 1.22. The Morgan fingerprint density at radius 3 is 2.50 bits per heavy atom. The van der Waals surface area contributed by atoms with Crippen molar-refractivity contribution in [3.05, 3.63) is 0 Å². The zero-order chi connectivity index (χ0) is 9.61. The van der Waals surface area contributed by atoms with Gasteiger partial charge < -0.3 is 10.2 Å². The molecule has 74 valence electrons. The van der Waals surface area contributed by atoms with Crippen LogP contribution in [0.4, 0.5) is 0 Å². The van der Waals surface area contributed by atoms with E-state index in [2.05, 4.69) is 4.72 Å². The molecule has 0 saturated carbocycles. The summed E-state index contributed by atoms with van der Waals surface area (Å²) < 4.78 is 24.1. The molecular formula is C6H15NO4S. The number of aliphatic hydroxyl groups excluding tert-OH is 2. The predicted molar refractivity (Wildman–Crippen MR) is 45.2 cm³/mol. The highest BCUT2D eigenvalue weighted by molar-refractivity contribution is 7.89. The van der Waals surface area contributed by atoms with Crippen LogP contribution in [-0.4, -0.2) is 43.6 Å². The molecule has 0 amide bonds. The number of hydrogen-bond donors (Lipinski definition) is 3. The van der Waals surface area contributed by atoms with E-state index in [4.69, 9.17) is 10.2 Å². The van der Waals surface area contributed by atoms with E-state index < -0.39 is 22.7 Å². The zero-order valence-electron chi connectivity index (χ0n) is 7.02. The normalized spacial score (nSPS) is 14.6. The standard InChI is InChI=1S/C6H15NO4S/c1-2-3-12(10,11)7-4-6(9)5-8/h6-9H,2-5H2,1H3. The molecule has 0 fully saturated rings. The monoisotopic (exact) mass is 197 g/mol. The molecule has 0 spiro atoms. The molecular weight excluding hydrogens is 182 g/mol. The minimum Gasteiger partial charge on any atom is -0.394 e. The van der Waals surface area contributed by atoms with Gasteiger partial charge in [-0.2, -0.15) is 0 Å². The summed E-state index contributed by atoms with van der Waals surface area (Å²) in [5.41, 5.74) is 0. The molecule has 12 heavy (non-hydrogen) atoms. The van der Waals surface area contributed by atoms with E-state index in [9.17, 15) is 8.42 Å². The van der Waals surface area contributed by atoms with E-state index in [1.165, 1.54) is 0 Å². The second kappa shape index (κ2) is 5.47. The van der Waals surface area contributed by atoms with Crippen molar-refractivity contribution in [3.63, 3.8) is 0 Å². The van der Waals surface area contributed by atoms with Gasteiger partial charge in [0.1, 0.15) is 0 Å². The number of aliphatic hydroxyl groups is 2. The van der Waals surface area contributed by atoms with Crippen LogP contribution in [0, 0.1) is 0 Å². The molecule has 0 aromatic carbocycles. The maximum atomic E-state index is 10.9. The summed E-state index contributed by atoms with van der Waals surface area (Å²) in [7, 11) is -3.26. The van der Waals surface area contributed by atoms with Gasteiger partial charge in [-0.1, -0.05) is 6.92 Å². The third-order valence-corrected chi connectivity index (χ3v) is 2.77. The van der Waals surface area contributed by atoms with E-state index in [1.807, 2.05) is 0 Å². The van der Waals surface area contributed by atoms with Crippen LogP contribution in [0.15, 0.2) is 0 Å². The lowest BCUT2D eigenvalue weighted by Crippen LogP contribution is -2.35. The topological polar surface area (TPSA) is 86.6 Å². The Hall–Kier alpha value is -0.170. The van der Waals surface area contributed by atoms with Gasteiger partial charge in [-0.15, -0.1) is 0 Å². The minimum atomic E-state index is -3.26. The average Bonchev–Trinajstić information content (AvgIpc) is 2.00. The van der Waals surface area contributed by atoms with E-state index in [0.717, 1.165) is 0 Å². The Morgan fingerprint density at radius 2 is 2.08 bits per heavy atom. The lowest BCUT2D eigenvalue weighted by Gasteiger charge is -2.08. The Balaban J connectivity index is 3.76. The first-order valence-corrected chi connectivity index (χ1v) is 5.43. The highest BCUT2D eigenvalue weighted by Crippen LogP contribution is 1.88. The summed E-state index contributed by atoms with van der Waals surface area (Å²) in [6, 6.07) is 0. The fourth-order valence-corrected chi connectivity index (χ4v) is 1.76. The molecule has 0 radical (unpaired) electrons. The summed E-state index contributed by atoms with van der Waals surface area (Å²) in [5, 5.41) is 17.2. The highest BCUT2D eigenvalue weighted by atomic mass is 32.2. The number of rotatable bonds is 6. The van der Waals surface area contributed by atoms with Crippen LogP contribution in [-0.2, 0) is 10.0 Å². The van der Waals surface area contributed by atoms with Gasteiger partial charge in [0.05, 0.1) is 18.5 Å². The molecule has 3 N–H and O–H groups in total. The van der Waals surface area contributed by atoms with Crippen LogP contribution < -0.4 is 4.72 Å². The average molecular weight is 197 g/mol. The first kappa shape index (κ1) is 11.8. The van der Waals surface area contributed by atoms with Gasteiger partial charge in [0.15, 0.2) is 0 Å². The Morgan fingerprint density at radius 1 is 1.50 bits per heavy atom. The Kier molecular flexibility index (Phi) is 5.39. The predicted octanol–water partition coefficient (Wildman–Crippen LogP) is -1.33. The number of nitrogens with one attached hydrogen (secondary N) is 1. The lowest BCUT2D eigenvalue weighted by atomic mass is 10.4. The first-order chi connectivity index (χ1) is 5.52. The smallest absolute Gasteiger partial charge is 0.211 e. The molecule has 5 nitrogen and oxygen atoms in total. The summed E-state index contributed by atoms with van der Waals surface area (Å²) in [4.78, 5) is 0. The zero-order valence-corrected chi connectivity index (χ0v) is 7.84. The van der Waals surface area contributed by atoms with E-state index in [0.29, 0.717) is 6.42 Å². The molecule has 0 bridgehead atoms. The van der Waals surface area contributed by atoms with E-state index in [-0.39, 0.29) is 12.3 Å². The summed E-state index contributed by atoms with van der Waals surface area (Å²) >= 11 is 0. The van der Waals surface area contributed by atoms with Crippen LogP contribution in [0.3, 0.4) is 0 Å². The third kappa shape index (κ3) is 5.48. The van der Waals surface area contributed by atoms with Gasteiger partial charge in [-0.25, -0.2) is 13.1 Å². The lowest BCUT2D eigenvalue weighted by molar-refractivity contribution is 0.0988. The van der Waals surface area contributed by atoms with Crippen molar-refractivity contribution < 1.29 is 18.6 Å². The summed E-state index contributed by atoms with van der Waals surface area (Å²) in [6.07, 6.45) is -0.485. The first-order valence-electron chi connectivity index (χ1n) is 3.78.